The van der Waals surface area contributed by atoms with Gasteiger partial charge in [-0.15, -0.1) is 0 Å². The minimum Gasteiger partial charge on any atom is -0.493 e. The van der Waals surface area contributed by atoms with Gasteiger partial charge in [0.25, 0.3) is 0 Å². The molecule has 0 saturated carbocycles. The summed E-state index contributed by atoms with van der Waals surface area (Å²) < 4.78 is 43.1. The summed E-state index contributed by atoms with van der Waals surface area (Å²) >= 11 is 0. The second-order valence-electron chi connectivity index (χ2n) is 9.96. The van der Waals surface area contributed by atoms with E-state index in [0.717, 1.165) is 0 Å². The third kappa shape index (κ3) is 6.59. The van der Waals surface area contributed by atoms with Crippen molar-refractivity contribution in [1.82, 2.24) is 0 Å². The van der Waals surface area contributed by atoms with Gasteiger partial charge in [-0.05, 0) is 71.8 Å². The Bertz CT molecular complexity index is 1760. The van der Waals surface area contributed by atoms with Gasteiger partial charge in [0, 0.05) is 22.3 Å². The first-order chi connectivity index (χ1) is 23.1. The highest BCUT2D eigenvalue weighted by Crippen LogP contribution is 2.42. The highest BCUT2D eigenvalue weighted by Gasteiger charge is 2.30. The molecule has 12 heteroatoms. The Morgan fingerprint density at radius 3 is 0.896 bits per heavy atom. The van der Waals surface area contributed by atoms with Crippen molar-refractivity contribution in [3.8, 4) is 57.1 Å². The lowest BCUT2D eigenvalue weighted by atomic mass is 9.87. The molecular formula is C36H34O12. The molecule has 0 bridgehead atoms. The molecule has 0 aliphatic rings. The Hall–Kier alpha value is -6.04. The van der Waals surface area contributed by atoms with E-state index in [9.17, 15) is 19.2 Å². The summed E-state index contributed by atoms with van der Waals surface area (Å²) in [5.74, 6) is -1.83. The Kier molecular flexibility index (Phi) is 10.9. The van der Waals surface area contributed by atoms with Crippen LogP contribution in [0.15, 0.2) is 60.7 Å². The first-order valence-corrected chi connectivity index (χ1v) is 14.3. The van der Waals surface area contributed by atoms with Gasteiger partial charge in [0.15, 0.2) is 46.0 Å². The van der Waals surface area contributed by atoms with Gasteiger partial charge in [-0.3, -0.25) is 19.2 Å². The Balaban J connectivity index is 1.97. The standard InChI is InChI=1S/C36H34O12/c1-41-25-11-9-19(13-27(25)43-3)33(37)35(39)23-17-31(47-7)29(45-5)15-21(23)22-16-30(46-6)32(48-8)18-24(22)36(40)34(38)20-10-12-26(42-2)28(14-20)44-4/h9-18H,1-8H3. The molecule has 4 rings (SSSR count). The van der Waals surface area contributed by atoms with Crippen molar-refractivity contribution in [2.75, 3.05) is 56.9 Å². The molecule has 4 aromatic carbocycles. The van der Waals surface area contributed by atoms with Gasteiger partial charge in [-0.25, -0.2) is 0 Å². The molecule has 0 N–H and O–H groups in total. The van der Waals surface area contributed by atoms with Crippen molar-refractivity contribution in [3.63, 3.8) is 0 Å². The number of hydrogen-bond donors (Lipinski definition) is 0. The molecule has 0 aliphatic heterocycles. The van der Waals surface area contributed by atoms with Crippen molar-refractivity contribution < 1.29 is 57.1 Å². The van der Waals surface area contributed by atoms with Crippen LogP contribution in [-0.2, 0) is 0 Å². The zero-order chi connectivity index (χ0) is 35.1. The van der Waals surface area contributed by atoms with E-state index in [-0.39, 0.29) is 67.9 Å². The molecule has 0 fully saturated rings. The number of carbonyl (C=O) groups excluding carboxylic acids is 4. The van der Waals surface area contributed by atoms with E-state index in [1.165, 1.54) is 118 Å². The van der Waals surface area contributed by atoms with Crippen molar-refractivity contribution >= 4 is 23.1 Å². The molecule has 0 radical (unpaired) electrons. The van der Waals surface area contributed by atoms with Gasteiger partial charge >= 0.3 is 0 Å². The zero-order valence-electron chi connectivity index (χ0n) is 27.7. The summed E-state index contributed by atoms with van der Waals surface area (Å²) in [5, 5.41) is 0. The van der Waals surface area contributed by atoms with E-state index in [1.54, 1.807) is 0 Å². The maximum Gasteiger partial charge on any atom is 0.234 e. The van der Waals surface area contributed by atoms with Gasteiger partial charge < -0.3 is 37.9 Å². The lowest BCUT2D eigenvalue weighted by Crippen LogP contribution is -2.18. The van der Waals surface area contributed by atoms with E-state index in [2.05, 4.69) is 0 Å². The third-order valence-electron chi connectivity index (χ3n) is 7.53. The molecule has 0 spiro atoms. The average molecular weight is 659 g/mol. The van der Waals surface area contributed by atoms with Gasteiger partial charge in [-0.2, -0.15) is 0 Å². The van der Waals surface area contributed by atoms with Crippen molar-refractivity contribution in [2.24, 2.45) is 0 Å². The van der Waals surface area contributed by atoms with Crippen LogP contribution in [0.4, 0.5) is 0 Å². The third-order valence-corrected chi connectivity index (χ3v) is 7.53. The molecule has 4 aromatic rings. The van der Waals surface area contributed by atoms with E-state index >= 15 is 0 Å². The van der Waals surface area contributed by atoms with E-state index in [1.807, 2.05) is 0 Å². The average Bonchev–Trinajstić information content (AvgIpc) is 3.14. The predicted molar refractivity (Wildman–Crippen MR) is 174 cm³/mol. The fraction of sp³-hybridized carbons (Fsp3) is 0.222. The number of hydrogen-bond acceptors (Lipinski definition) is 12. The van der Waals surface area contributed by atoms with E-state index in [4.69, 9.17) is 37.9 Å². The van der Waals surface area contributed by atoms with E-state index in [0.29, 0.717) is 11.5 Å². The van der Waals surface area contributed by atoms with E-state index < -0.39 is 23.1 Å². The molecule has 0 atom stereocenters. The van der Waals surface area contributed by atoms with Crippen LogP contribution in [-0.4, -0.2) is 80.0 Å². The zero-order valence-corrected chi connectivity index (χ0v) is 27.7. The van der Waals surface area contributed by atoms with Crippen LogP contribution in [0.1, 0.15) is 41.4 Å². The maximum absolute atomic E-state index is 14.1. The summed E-state index contributed by atoms with van der Waals surface area (Å²) in [4.78, 5) is 55.5. The quantitative estimate of drug-likeness (QED) is 0.117. The largest absolute Gasteiger partial charge is 0.493 e. The summed E-state index contributed by atoms with van der Waals surface area (Å²) in [6, 6.07) is 14.1. The summed E-state index contributed by atoms with van der Waals surface area (Å²) in [6.45, 7) is 0. The number of rotatable bonds is 15. The van der Waals surface area contributed by atoms with Gasteiger partial charge in [0.2, 0.25) is 23.1 Å². The summed E-state index contributed by atoms with van der Waals surface area (Å²) in [5.41, 5.74) is -0.0948. The molecular weight excluding hydrogens is 624 g/mol. The maximum atomic E-state index is 14.1. The number of ketones is 4. The smallest absolute Gasteiger partial charge is 0.234 e. The fourth-order valence-electron chi connectivity index (χ4n) is 5.04. The number of benzene rings is 4. The SMILES string of the molecule is COc1ccc(C(=O)C(=O)c2cc(OC)c(OC)cc2-c2cc(OC)c(OC)cc2C(=O)C(=O)c2ccc(OC)c(OC)c2)cc1OC. The molecule has 250 valence electrons. The molecule has 0 amide bonds. The number of carbonyl (C=O) groups is 4. The van der Waals surface area contributed by atoms with Gasteiger partial charge in [0.1, 0.15) is 0 Å². The van der Waals surface area contributed by atoms with Crippen LogP contribution in [0.2, 0.25) is 0 Å². The number of ether oxygens (including phenoxy) is 8. The van der Waals surface area contributed by atoms with Crippen LogP contribution in [0, 0.1) is 0 Å². The van der Waals surface area contributed by atoms with Gasteiger partial charge in [-0.1, -0.05) is 0 Å². The topological polar surface area (TPSA) is 142 Å². The molecule has 12 nitrogen and oxygen atoms in total. The predicted octanol–water partition coefficient (Wildman–Crippen LogP) is 5.55. The van der Waals surface area contributed by atoms with Gasteiger partial charge in [0.05, 0.1) is 56.9 Å². The first-order valence-electron chi connectivity index (χ1n) is 14.3. The van der Waals surface area contributed by atoms with Crippen LogP contribution in [0.5, 0.6) is 46.0 Å². The Morgan fingerprint density at radius 2 is 0.604 bits per heavy atom. The second kappa shape index (κ2) is 15.0. The van der Waals surface area contributed by atoms with Crippen LogP contribution >= 0.6 is 0 Å². The molecule has 0 aromatic heterocycles. The van der Waals surface area contributed by atoms with Crippen molar-refractivity contribution in [3.05, 3.63) is 82.9 Å². The monoisotopic (exact) mass is 658 g/mol. The van der Waals surface area contributed by atoms with Crippen LogP contribution in [0.25, 0.3) is 11.1 Å². The summed E-state index contributed by atoms with van der Waals surface area (Å²) in [7, 11) is 11.2. The Morgan fingerprint density at radius 1 is 0.333 bits per heavy atom. The minimum atomic E-state index is -0.947. The van der Waals surface area contributed by atoms with Crippen molar-refractivity contribution in [2.45, 2.75) is 0 Å². The first kappa shape index (κ1) is 34.8. The lowest BCUT2D eigenvalue weighted by Gasteiger charge is -2.19. The van der Waals surface area contributed by atoms with Crippen LogP contribution < -0.4 is 37.9 Å². The minimum absolute atomic E-state index is 0.0191. The highest BCUT2D eigenvalue weighted by atomic mass is 16.5. The van der Waals surface area contributed by atoms with Crippen LogP contribution in [0.3, 0.4) is 0 Å². The lowest BCUT2D eigenvalue weighted by molar-refractivity contribution is 0.0815. The molecule has 0 aliphatic carbocycles. The molecule has 0 unspecified atom stereocenters. The number of Topliss-reactive ketones (excluding diaryl/α,β-unsaturated/α-hetero) is 4. The normalized spacial score (nSPS) is 10.4. The Labute approximate surface area is 277 Å². The molecule has 48 heavy (non-hydrogen) atoms. The summed E-state index contributed by atoms with van der Waals surface area (Å²) in [6.07, 6.45) is 0. The fourth-order valence-corrected chi connectivity index (χ4v) is 5.04. The molecule has 0 heterocycles. The molecule has 0 saturated heterocycles. The second-order valence-corrected chi connectivity index (χ2v) is 9.96. The highest BCUT2D eigenvalue weighted by molar-refractivity contribution is 6.52. The number of methoxy groups -OCH3 is 8. The van der Waals surface area contributed by atoms with Crippen molar-refractivity contribution in [1.29, 1.82) is 0 Å².